The minimum atomic E-state index is -4.09. The molecule has 188 valence electrons. The second kappa shape index (κ2) is 11.0. The number of aliphatic imine (C=N–C) groups is 1. The molecule has 0 spiro atoms. The number of hydrogen-bond donors (Lipinski definition) is 5. The van der Waals surface area contributed by atoms with Crippen molar-refractivity contribution in [3.05, 3.63) is 23.8 Å². The van der Waals surface area contributed by atoms with E-state index in [-0.39, 0.29) is 30.4 Å². The minimum Gasteiger partial charge on any atom is -0.480 e. The summed E-state index contributed by atoms with van der Waals surface area (Å²) in [5.41, 5.74) is 12.2. The number of nitrogens with two attached hydrogens (primary N) is 2. The van der Waals surface area contributed by atoms with Crippen molar-refractivity contribution in [3.63, 3.8) is 0 Å². The number of hydrogen-bond acceptors (Lipinski definition) is 6. The minimum absolute atomic E-state index is 0.0763. The van der Waals surface area contributed by atoms with Gasteiger partial charge < -0.3 is 26.8 Å². The number of nitrogens with one attached hydrogen (secondary N) is 2. The summed E-state index contributed by atoms with van der Waals surface area (Å²) < 4.78 is 29.4. The van der Waals surface area contributed by atoms with Crippen molar-refractivity contribution in [2.45, 2.75) is 62.4 Å². The quantitative estimate of drug-likeness (QED) is 0.186. The van der Waals surface area contributed by atoms with Crippen LogP contribution in [0.3, 0.4) is 0 Å². The maximum atomic E-state index is 13.4. The van der Waals surface area contributed by atoms with Gasteiger partial charge in [-0.1, -0.05) is 19.1 Å². The van der Waals surface area contributed by atoms with Gasteiger partial charge >= 0.3 is 5.97 Å². The van der Waals surface area contributed by atoms with Crippen LogP contribution in [-0.4, -0.2) is 68.0 Å². The molecule has 1 aromatic carbocycles. The van der Waals surface area contributed by atoms with Crippen molar-refractivity contribution in [1.29, 1.82) is 0 Å². The van der Waals surface area contributed by atoms with E-state index in [2.05, 4.69) is 22.0 Å². The molecule has 0 aliphatic carbocycles. The third kappa shape index (κ3) is 6.17. The molecule has 2 heterocycles. The van der Waals surface area contributed by atoms with Gasteiger partial charge in [0.1, 0.15) is 17.0 Å². The number of carboxylic acids is 1. The van der Waals surface area contributed by atoms with Gasteiger partial charge in [-0.2, -0.15) is 4.72 Å². The van der Waals surface area contributed by atoms with Crippen molar-refractivity contribution in [2.75, 3.05) is 25.0 Å². The molecule has 0 radical (unpaired) electrons. The molecule has 12 heteroatoms. The Balaban J connectivity index is 1.87. The fourth-order valence-corrected chi connectivity index (χ4v) is 5.98. The number of amides is 1. The molecule has 34 heavy (non-hydrogen) atoms. The van der Waals surface area contributed by atoms with Gasteiger partial charge in [0, 0.05) is 19.6 Å². The highest BCUT2D eigenvalue weighted by atomic mass is 32.2. The summed E-state index contributed by atoms with van der Waals surface area (Å²) in [5, 5.41) is 12.8. The number of nitrogens with zero attached hydrogens (tertiary/aromatic N) is 2. The number of benzene rings is 1. The molecule has 1 amide bonds. The molecule has 11 nitrogen and oxygen atoms in total. The molecule has 3 rings (SSSR count). The van der Waals surface area contributed by atoms with Crippen LogP contribution in [0.1, 0.15) is 44.6 Å². The van der Waals surface area contributed by atoms with Gasteiger partial charge in [-0.15, -0.1) is 0 Å². The molecule has 1 fully saturated rings. The number of fused-ring (bicyclic) bond motifs is 1. The molecular weight excluding hydrogens is 460 g/mol. The number of sulfonamides is 1. The van der Waals surface area contributed by atoms with Gasteiger partial charge in [-0.3, -0.25) is 9.79 Å². The van der Waals surface area contributed by atoms with Crippen LogP contribution in [0.4, 0.5) is 5.69 Å². The summed E-state index contributed by atoms with van der Waals surface area (Å²) in [5.74, 6) is -1.37. The third-order valence-electron chi connectivity index (χ3n) is 6.21. The SMILES string of the molecule is CC1CNc2c(cccc2S(=O)(=O)N[C@@H](CCCN=C(N)N)C(=O)N2CCCC[C@@H]2C(=O)O)C1. The van der Waals surface area contributed by atoms with Gasteiger partial charge in [0.05, 0.1) is 5.69 Å². The zero-order valence-corrected chi connectivity index (χ0v) is 20.2. The standard InChI is InChI=1S/C22H34N6O5S/c1-14-12-15-6-4-9-18(19(15)26-13-14)34(32,33)27-16(7-5-10-25-22(23)24)20(29)28-11-3-2-8-17(28)21(30)31/h4,6,9,14,16-17,26-27H,2-3,5,7-8,10-13H2,1H3,(H,30,31)(H4,23,24,25)/t14?,16-,17+/m0/s1. The molecule has 2 aliphatic heterocycles. The predicted octanol–water partition coefficient (Wildman–Crippen LogP) is 0.457. The summed E-state index contributed by atoms with van der Waals surface area (Å²) >= 11 is 0. The lowest BCUT2D eigenvalue weighted by atomic mass is 9.96. The molecular formula is C22H34N6O5S. The number of para-hydroxylation sites is 1. The Morgan fingerprint density at radius 3 is 2.79 bits per heavy atom. The summed E-state index contributed by atoms with van der Waals surface area (Å²) in [6.07, 6.45) is 2.91. The average Bonchev–Trinajstić information content (AvgIpc) is 2.79. The number of likely N-dealkylation sites (tertiary alicyclic amines) is 1. The van der Waals surface area contributed by atoms with Crippen LogP contribution in [0.25, 0.3) is 0 Å². The molecule has 0 bridgehead atoms. The average molecular weight is 495 g/mol. The first-order valence-corrected chi connectivity index (χ1v) is 13.0. The lowest BCUT2D eigenvalue weighted by Gasteiger charge is -2.35. The number of carbonyl (C=O) groups excluding carboxylic acids is 1. The van der Waals surface area contributed by atoms with E-state index in [4.69, 9.17) is 11.5 Å². The summed E-state index contributed by atoms with van der Waals surface area (Å²) in [4.78, 5) is 30.4. The third-order valence-corrected chi connectivity index (χ3v) is 7.72. The molecule has 1 unspecified atom stereocenters. The van der Waals surface area contributed by atoms with Crippen LogP contribution < -0.4 is 21.5 Å². The van der Waals surface area contributed by atoms with E-state index in [1.54, 1.807) is 6.07 Å². The predicted molar refractivity (Wildman–Crippen MR) is 129 cm³/mol. The van der Waals surface area contributed by atoms with E-state index in [1.165, 1.54) is 11.0 Å². The van der Waals surface area contributed by atoms with Crippen molar-refractivity contribution in [3.8, 4) is 0 Å². The van der Waals surface area contributed by atoms with Crippen molar-refractivity contribution >= 4 is 33.5 Å². The Hall–Kier alpha value is -2.86. The number of aliphatic carboxylic acids is 1. The van der Waals surface area contributed by atoms with E-state index in [0.29, 0.717) is 43.8 Å². The highest BCUT2D eigenvalue weighted by Gasteiger charge is 2.37. The van der Waals surface area contributed by atoms with Crippen LogP contribution in [0, 0.1) is 5.92 Å². The topological polar surface area (TPSA) is 180 Å². The first-order chi connectivity index (χ1) is 16.1. The van der Waals surface area contributed by atoms with E-state index >= 15 is 0 Å². The molecule has 1 aromatic rings. The van der Waals surface area contributed by atoms with Crippen LogP contribution in [0.2, 0.25) is 0 Å². The van der Waals surface area contributed by atoms with Gasteiger partial charge in [0.15, 0.2) is 5.96 Å². The summed E-state index contributed by atoms with van der Waals surface area (Å²) in [6, 6.07) is 2.97. The number of carboxylic acid groups (broad SMARTS) is 1. The van der Waals surface area contributed by atoms with E-state index in [9.17, 15) is 23.1 Å². The van der Waals surface area contributed by atoms with Gasteiger partial charge in [-0.25, -0.2) is 13.2 Å². The number of guanidine groups is 1. The maximum absolute atomic E-state index is 13.4. The maximum Gasteiger partial charge on any atom is 0.326 e. The Bertz CT molecular complexity index is 1040. The molecule has 3 atom stereocenters. The molecule has 0 aromatic heterocycles. The van der Waals surface area contributed by atoms with Crippen LogP contribution >= 0.6 is 0 Å². The Labute approximate surface area is 200 Å². The van der Waals surface area contributed by atoms with E-state index < -0.39 is 34.0 Å². The number of anilines is 1. The molecule has 7 N–H and O–H groups in total. The Morgan fingerprint density at radius 1 is 1.32 bits per heavy atom. The van der Waals surface area contributed by atoms with Crippen molar-refractivity contribution < 1.29 is 23.1 Å². The van der Waals surface area contributed by atoms with Crippen LogP contribution in [-0.2, 0) is 26.0 Å². The number of carbonyl (C=O) groups is 2. The Kier molecular flexibility index (Phi) is 8.37. The van der Waals surface area contributed by atoms with Crippen molar-refractivity contribution in [1.82, 2.24) is 9.62 Å². The summed E-state index contributed by atoms with van der Waals surface area (Å²) in [7, 11) is -4.09. The first-order valence-electron chi connectivity index (χ1n) is 11.6. The lowest BCUT2D eigenvalue weighted by molar-refractivity contribution is -0.152. The van der Waals surface area contributed by atoms with E-state index in [0.717, 1.165) is 12.0 Å². The largest absolute Gasteiger partial charge is 0.480 e. The zero-order chi connectivity index (χ0) is 24.9. The fraction of sp³-hybridized carbons (Fsp3) is 0.591. The highest BCUT2D eigenvalue weighted by Crippen LogP contribution is 2.31. The highest BCUT2D eigenvalue weighted by molar-refractivity contribution is 7.89. The van der Waals surface area contributed by atoms with Gasteiger partial charge in [-0.05, 0) is 56.1 Å². The van der Waals surface area contributed by atoms with Gasteiger partial charge in [0.25, 0.3) is 0 Å². The monoisotopic (exact) mass is 494 g/mol. The smallest absolute Gasteiger partial charge is 0.326 e. The van der Waals surface area contributed by atoms with Crippen molar-refractivity contribution in [2.24, 2.45) is 22.4 Å². The Morgan fingerprint density at radius 2 is 2.09 bits per heavy atom. The number of rotatable bonds is 9. The fourth-order valence-electron chi connectivity index (χ4n) is 4.53. The number of piperidine rings is 1. The normalized spacial score (nSPS) is 21.1. The summed E-state index contributed by atoms with van der Waals surface area (Å²) in [6.45, 7) is 3.21. The van der Waals surface area contributed by atoms with Crippen LogP contribution in [0.15, 0.2) is 28.1 Å². The van der Waals surface area contributed by atoms with Gasteiger partial charge in [0.2, 0.25) is 15.9 Å². The van der Waals surface area contributed by atoms with E-state index in [1.807, 2.05) is 6.07 Å². The lowest BCUT2D eigenvalue weighted by Crippen LogP contribution is -2.55. The second-order valence-corrected chi connectivity index (χ2v) is 10.7. The second-order valence-electron chi connectivity index (χ2n) is 8.98. The van der Waals surface area contributed by atoms with Crippen LogP contribution in [0.5, 0.6) is 0 Å². The first kappa shape index (κ1) is 25.8. The molecule has 1 saturated heterocycles. The zero-order valence-electron chi connectivity index (χ0n) is 19.4. The molecule has 2 aliphatic rings. The molecule has 0 saturated carbocycles.